The lowest BCUT2D eigenvalue weighted by molar-refractivity contribution is -0.135. The van der Waals surface area contributed by atoms with Crippen LogP contribution in [0.5, 0.6) is 57.5 Å². The molecule has 0 bridgehead atoms. The second kappa shape index (κ2) is 50.0. The number of unbranched alkanes of at least 4 members (excludes halogenated alkanes) is 23. The number of carbonyl (C=O) groups excluding carboxylic acids is 4. The van der Waals surface area contributed by atoms with Crippen LogP contribution in [0.15, 0.2) is 169 Å². The SMILES string of the molecule is CC(C)=CCC/C(C)=C/C(=O)Oc1cc(O)c2c(=O)cc(C)oc2c1.CCCCCCCC/C=C/CCCCCCCC(=O)Oc1cc(O)c2c(=O)cc(C)oc2c1.CCCCCCCCCCCCCCCC(=O)Oc1cc(O)c2c(=O)cc(C)oc2c1.COc1cc(/C=C/C(=O)Oc2cc(O)c3c(=O)cc(C)oc3c2)ccc1O. The molecule has 0 aliphatic heterocycles. The van der Waals surface area contributed by atoms with Gasteiger partial charge in [-0.3, -0.25) is 28.8 Å². The summed E-state index contributed by atoms with van der Waals surface area (Å²) < 4.78 is 47.8. The van der Waals surface area contributed by atoms with Crippen molar-refractivity contribution in [2.24, 2.45) is 0 Å². The van der Waals surface area contributed by atoms with Crippen molar-refractivity contribution < 1.29 is 86.1 Å². The highest BCUT2D eigenvalue weighted by molar-refractivity contribution is 5.92. The molecule has 0 spiro atoms. The monoisotopic (exact) mass is 1600 g/mol. The van der Waals surface area contributed by atoms with Crippen LogP contribution in [0.2, 0.25) is 0 Å². The molecule has 0 unspecified atom stereocenters. The molecular weight excluding hydrogens is 1480 g/mol. The number of phenolic OH excluding ortho intramolecular Hbond substituents is 5. The van der Waals surface area contributed by atoms with Crippen LogP contribution in [0.3, 0.4) is 0 Å². The zero-order valence-corrected chi connectivity index (χ0v) is 69.0. The molecule has 22 heteroatoms. The van der Waals surface area contributed by atoms with Crippen LogP contribution in [-0.2, 0) is 19.2 Å². The van der Waals surface area contributed by atoms with E-state index in [0.717, 1.165) is 63.4 Å². The molecular formula is C94H116O22. The van der Waals surface area contributed by atoms with E-state index in [1.807, 2.05) is 20.8 Å². The summed E-state index contributed by atoms with van der Waals surface area (Å²) in [6.45, 7) is 17.0. The standard InChI is InChI=1S/C28H40O5.C26H38O5.C20H16O7.C20H22O5/c1-3-4-5-6-7-8-9-10-11-12-13-14-15-16-17-18-27(31)33-23-20-25(30)28-24(29)19-22(2)32-26(28)21-23;1-3-4-5-6-7-8-9-10-11-12-13-14-15-16-25(29)31-21-18-23(28)26-22(27)17-20(2)30-24(26)19-21;1-11-7-15(22)20-16(23)9-13(10-18(20)26-11)27-19(24)6-4-12-3-5-14(21)17(8-12)25-2;1-12(2)6-5-7-13(3)8-19(23)25-15-10-17(22)20-16(21)9-14(4)24-18(20)11-15/h10-11,19-21,30H,3-9,12-18H2,1-2H3;17-19,28H,3-16H2,1-2H3;3-10,21,23H,1-2H3;6,8-11,22H,5,7H2,1-4H3/b11-10+;;6-4+;13-8+. The number of benzene rings is 5. The number of phenols is 5. The molecule has 5 aromatic carbocycles. The Bertz CT molecular complexity index is 5090. The van der Waals surface area contributed by atoms with Crippen molar-refractivity contribution in [1.82, 2.24) is 0 Å². The van der Waals surface area contributed by atoms with Gasteiger partial charge in [-0.1, -0.05) is 178 Å². The Morgan fingerprint density at radius 2 is 0.698 bits per heavy atom. The molecule has 0 aliphatic rings. The zero-order chi connectivity index (χ0) is 84.5. The molecule has 5 N–H and O–H groups in total. The average molecular weight is 1600 g/mol. The second-order valence-corrected chi connectivity index (χ2v) is 29.3. The Morgan fingerprint density at radius 3 is 1.04 bits per heavy atom. The highest BCUT2D eigenvalue weighted by Crippen LogP contribution is 2.34. The van der Waals surface area contributed by atoms with Crippen molar-refractivity contribution in [2.45, 2.75) is 255 Å². The van der Waals surface area contributed by atoms with Crippen LogP contribution >= 0.6 is 0 Å². The maximum Gasteiger partial charge on any atom is 0.336 e. The minimum atomic E-state index is -0.698. The fourth-order valence-electron chi connectivity index (χ4n) is 12.8. The molecule has 4 heterocycles. The van der Waals surface area contributed by atoms with E-state index < -0.39 is 11.9 Å². The van der Waals surface area contributed by atoms with Gasteiger partial charge in [0.1, 0.15) is 113 Å². The summed E-state index contributed by atoms with van der Waals surface area (Å²) in [6, 6.07) is 20.5. The molecule has 9 aromatic rings. The van der Waals surface area contributed by atoms with Crippen LogP contribution < -0.4 is 45.4 Å². The van der Waals surface area contributed by atoms with Gasteiger partial charge in [0.05, 0.1) is 7.11 Å². The first-order valence-electron chi connectivity index (χ1n) is 40.6. The van der Waals surface area contributed by atoms with Gasteiger partial charge in [-0.05, 0) is 124 Å². The number of aryl methyl sites for hydroxylation is 4. The number of hydrogen-bond donors (Lipinski definition) is 5. The number of fused-ring (bicyclic) bond motifs is 4. The van der Waals surface area contributed by atoms with Gasteiger partial charge in [0, 0.05) is 97.8 Å². The Labute approximate surface area is 678 Å². The fourth-order valence-corrected chi connectivity index (χ4v) is 12.8. The number of esters is 4. The number of aromatic hydroxyl groups is 5. The summed E-state index contributed by atoms with van der Waals surface area (Å²) in [5.74, 6) is -0.570. The van der Waals surface area contributed by atoms with Crippen LogP contribution in [-0.4, -0.2) is 56.5 Å². The summed E-state index contributed by atoms with van der Waals surface area (Å²) in [5, 5.41) is 50.1. The smallest absolute Gasteiger partial charge is 0.336 e. The zero-order valence-electron chi connectivity index (χ0n) is 69.0. The average Bonchev–Trinajstić information content (AvgIpc) is 0.811. The van der Waals surface area contributed by atoms with Crippen molar-refractivity contribution in [1.29, 1.82) is 0 Å². The van der Waals surface area contributed by atoms with Crippen molar-refractivity contribution in [3.63, 3.8) is 0 Å². The van der Waals surface area contributed by atoms with Crippen LogP contribution in [0.25, 0.3) is 50.0 Å². The molecule has 624 valence electrons. The third-order valence-corrected chi connectivity index (χ3v) is 18.7. The topological polar surface area (TPSA) is 336 Å². The van der Waals surface area contributed by atoms with Gasteiger partial charge in [-0.15, -0.1) is 0 Å². The van der Waals surface area contributed by atoms with Crippen molar-refractivity contribution in [3.05, 3.63) is 202 Å². The van der Waals surface area contributed by atoms with Gasteiger partial charge < -0.3 is 66.9 Å². The summed E-state index contributed by atoms with van der Waals surface area (Å²) in [4.78, 5) is 96.1. The first kappa shape index (κ1) is 93.4. The third-order valence-electron chi connectivity index (χ3n) is 18.7. The molecule has 116 heavy (non-hydrogen) atoms. The van der Waals surface area contributed by atoms with E-state index in [0.29, 0.717) is 41.4 Å². The Morgan fingerprint density at radius 1 is 0.371 bits per heavy atom. The molecule has 0 saturated heterocycles. The molecule has 22 nitrogen and oxygen atoms in total. The summed E-state index contributed by atoms with van der Waals surface area (Å²) in [5.41, 5.74) is 2.11. The van der Waals surface area contributed by atoms with Gasteiger partial charge in [0.15, 0.2) is 33.2 Å². The Balaban J connectivity index is 0.000000242. The summed E-state index contributed by atoms with van der Waals surface area (Å²) >= 11 is 0. The highest BCUT2D eigenvalue weighted by Gasteiger charge is 2.18. The van der Waals surface area contributed by atoms with E-state index in [2.05, 4.69) is 32.1 Å². The van der Waals surface area contributed by atoms with E-state index in [1.54, 1.807) is 39.8 Å². The van der Waals surface area contributed by atoms with Gasteiger partial charge in [0.25, 0.3) is 0 Å². The maximum atomic E-state index is 12.1. The lowest BCUT2D eigenvalue weighted by atomic mass is 10.0. The molecule has 9 rings (SSSR count). The summed E-state index contributed by atoms with van der Waals surface area (Å²) in [7, 11) is 1.42. The number of carbonyl (C=O) groups is 4. The van der Waals surface area contributed by atoms with E-state index in [4.69, 9.17) is 41.4 Å². The number of methoxy groups -OCH3 is 1. The normalized spacial score (nSPS) is 11.3. The quantitative estimate of drug-likeness (QED) is 0.00783. The Kier molecular flexibility index (Phi) is 40.3. The van der Waals surface area contributed by atoms with Gasteiger partial charge in [0.2, 0.25) is 0 Å². The third kappa shape index (κ3) is 33.2. The lowest BCUT2D eigenvalue weighted by Crippen LogP contribution is -2.08. The van der Waals surface area contributed by atoms with E-state index in [-0.39, 0.29) is 135 Å². The molecule has 4 aromatic heterocycles. The predicted octanol–water partition coefficient (Wildman–Crippen LogP) is 22.5. The van der Waals surface area contributed by atoms with Gasteiger partial charge in [-0.25, -0.2) is 9.59 Å². The fraction of sp³-hybridized carbons (Fsp3) is 0.426. The largest absolute Gasteiger partial charge is 0.507 e. The van der Waals surface area contributed by atoms with Crippen LogP contribution in [0.1, 0.15) is 256 Å². The first-order valence-corrected chi connectivity index (χ1v) is 40.6. The maximum absolute atomic E-state index is 12.1. The molecule has 0 fully saturated rings. The molecule has 0 radical (unpaired) electrons. The number of hydrogen-bond acceptors (Lipinski definition) is 22. The van der Waals surface area contributed by atoms with Gasteiger partial charge >= 0.3 is 23.9 Å². The minimum absolute atomic E-state index is 0.0133. The first-order chi connectivity index (χ1) is 55.6. The number of allylic oxidation sites excluding steroid dienone is 5. The highest BCUT2D eigenvalue weighted by atomic mass is 16.5. The predicted molar refractivity (Wildman–Crippen MR) is 454 cm³/mol. The van der Waals surface area contributed by atoms with Crippen LogP contribution in [0.4, 0.5) is 0 Å². The van der Waals surface area contributed by atoms with Crippen molar-refractivity contribution >= 4 is 73.8 Å². The van der Waals surface area contributed by atoms with E-state index in [1.165, 1.54) is 232 Å². The molecule has 0 amide bonds. The summed E-state index contributed by atoms with van der Waals surface area (Å²) in [6.07, 6.45) is 45.1. The lowest BCUT2D eigenvalue weighted by Gasteiger charge is -2.07. The van der Waals surface area contributed by atoms with E-state index >= 15 is 0 Å². The second-order valence-electron chi connectivity index (χ2n) is 29.3. The van der Waals surface area contributed by atoms with Gasteiger partial charge in [-0.2, -0.15) is 0 Å². The molecule has 0 saturated carbocycles. The molecule has 0 atom stereocenters. The number of rotatable bonds is 40. The van der Waals surface area contributed by atoms with Crippen molar-refractivity contribution in [2.75, 3.05) is 7.11 Å². The minimum Gasteiger partial charge on any atom is -0.507 e. The van der Waals surface area contributed by atoms with E-state index in [9.17, 15) is 63.9 Å². The molecule has 0 aliphatic carbocycles. The van der Waals surface area contributed by atoms with Crippen LogP contribution in [0, 0.1) is 27.7 Å². The number of ether oxygens (including phenoxy) is 5. The van der Waals surface area contributed by atoms with Crippen molar-refractivity contribution in [3.8, 4) is 57.5 Å². The Hall–Kier alpha value is -11.4.